The maximum absolute atomic E-state index is 11.0. The molecule has 22 heavy (non-hydrogen) atoms. The summed E-state index contributed by atoms with van der Waals surface area (Å²) in [4.78, 5) is 15.8. The van der Waals surface area contributed by atoms with Crippen molar-refractivity contribution in [3.8, 4) is 0 Å². The number of rotatable bonds is 5. The predicted octanol–water partition coefficient (Wildman–Crippen LogP) is 3.84. The van der Waals surface area contributed by atoms with E-state index in [4.69, 9.17) is 0 Å². The lowest BCUT2D eigenvalue weighted by molar-refractivity contribution is -0.117. The highest BCUT2D eigenvalue weighted by molar-refractivity contribution is 5.75. The molecule has 0 aromatic heterocycles. The van der Waals surface area contributed by atoms with Crippen LogP contribution in [0.4, 0.5) is 0 Å². The monoisotopic (exact) mass is 306 g/mol. The van der Waals surface area contributed by atoms with Crippen molar-refractivity contribution < 1.29 is 4.79 Å². The molecule has 1 aliphatic heterocycles. The van der Waals surface area contributed by atoms with Gasteiger partial charge in [0.15, 0.2) is 0 Å². The highest BCUT2D eigenvalue weighted by atomic mass is 16.1. The molecular formula is C19H34N2O. The van der Waals surface area contributed by atoms with Crippen molar-refractivity contribution >= 4 is 5.78 Å². The largest absolute Gasteiger partial charge is 0.300 e. The van der Waals surface area contributed by atoms with E-state index in [0.29, 0.717) is 12.2 Å². The predicted molar refractivity (Wildman–Crippen MR) is 96.2 cm³/mol. The van der Waals surface area contributed by atoms with Gasteiger partial charge in [-0.2, -0.15) is 0 Å². The van der Waals surface area contributed by atoms with Gasteiger partial charge in [-0.1, -0.05) is 58.0 Å². The maximum atomic E-state index is 11.0. The van der Waals surface area contributed by atoms with E-state index < -0.39 is 0 Å². The van der Waals surface area contributed by atoms with Crippen LogP contribution in [0.3, 0.4) is 0 Å². The number of hydrogen-bond donors (Lipinski definition) is 0. The second kappa shape index (κ2) is 13.5. The third-order valence-electron chi connectivity index (χ3n) is 3.49. The van der Waals surface area contributed by atoms with E-state index in [1.807, 2.05) is 27.7 Å². The molecule has 0 unspecified atom stereocenters. The first-order chi connectivity index (χ1) is 10.7. The molecule has 0 spiro atoms. The molecule has 2 rings (SSSR count). The van der Waals surface area contributed by atoms with Crippen molar-refractivity contribution in [2.75, 3.05) is 32.7 Å². The lowest BCUT2D eigenvalue weighted by atomic mass is 10.2. The van der Waals surface area contributed by atoms with Crippen LogP contribution in [-0.2, 0) is 11.3 Å². The van der Waals surface area contributed by atoms with Crippen LogP contribution in [0, 0.1) is 0 Å². The average Bonchev–Trinajstić information content (AvgIpc) is 2.59. The minimum Gasteiger partial charge on any atom is -0.300 e. The Bertz CT molecular complexity index is 370. The molecule has 0 aliphatic carbocycles. The molecule has 0 radical (unpaired) electrons. The molecule has 3 heteroatoms. The van der Waals surface area contributed by atoms with Gasteiger partial charge in [-0.05, 0) is 12.5 Å². The number of ketones is 1. The van der Waals surface area contributed by atoms with Gasteiger partial charge >= 0.3 is 0 Å². The Balaban J connectivity index is 0.00000102. The second-order valence-electron chi connectivity index (χ2n) is 5.06. The highest BCUT2D eigenvalue weighted by Gasteiger charge is 2.16. The highest BCUT2D eigenvalue weighted by Crippen LogP contribution is 2.08. The normalized spacial score (nSPS) is 15.1. The Morgan fingerprint density at radius 1 is 0.909 bits per heavy atom. The molecule has 126 valence electrons. The Kier molecular flexibility index (Phi) is 12.7. The number of nitrogens with zero attached hydrogens (tertiary/aromatic N) is 2. The maximum Gasteiger partial charge on any atom is 0.131 e. The smallest absolute Gasteiger partial charge is 0.131 e. The van der Waals surface area contributed by atoms with Gasteiger partial charge in [-0.15, -0.1) is 0 Å². The molecule has 0 atom stereocenters. The van der Waals surface area contributed by atoms with Crippen molar-refractivity contribution in [1.29, 1.82) is 0 Å². The molecule has 3 nitrogen and oxygen atoms in total. The zero-order valence-corrected chi connectivity index (χ0v) is 15.1. The fraction of sp³-hybridized carbons (Fsp3) is 0.632. The first-order valence-electron chi connectivity index (χ1n) is 8.72. The van der Waals surface area contributed by atoms with E-state index in [0.717, 1.165) is 39.3 Å². The number of carbonyl (C=O) groups is 1. The van der Waals surface area contributed by atoms with Gasteiger partial charge in [-0.3, -0.25) is 9.69 Å². The number of Topliss-reactive ketones (excluding diaryl/α,β-unsaturated/α-hetero) is 1. The zero-order chi connectivity index (χ0) is 16.8. The number of hydrogen-bond acceptors (Lipinski definition) is 3. The summed E-state index contributed by atoms with van der Waals surface area (Å²) in [7, 11) is 0. The summed E-state index contributed by atoms with van der Waals surface area (Å²) in [6, 6.07) is 10.6. The minimum absolute atomic E-state index is 0.293. The van der Waals surface area contributed by atoms with Crippen LogP contribution < -0.4 is 0 Å². The quantitative estimate of drug-likeness (QED) is 0.826. The topological polar surface area (TPSA) is 23.6 Å². The third-order valence-corrected chi connectivity index (χ3v) is 3.49. The van der Waals surface area contributed by atoms with E-state index in [-0.39, 0.29) is 0 Å². The fourth-order valence-corrected chi connectivity index (χ4v) is 2.33. The number of benzene rings is 1. The molecular weight excluding hydrogens is 272 g/mol. The lowest BCUT2D eigenvalue weighted by Crippen LogP contribution is -2.46. The van der Waals surface area contributed by atoms with Gasteiger partial charge < -0.3 is 4.90 Å². The summed E-state index contributed by atoms with van der Waals surface area (Å²) in [5.74, 6) is 0.293. The van der Waals surface area contributed by atoms with Crippen LogP contribution in [0.1, 0.15) is 46.6 Å². The molecule has 0 bridgehead atoms. The Labute approximate surface area is 137 Å². The van der Waals surface area contributed by atoms with Crippen molar-refractivity contribution in [1.82, 2.24) is 9.80 Å². The summed E-state index contributed by atoms with van der Waals surface area (Å²) >= 11 is 0. The molecule has 1 aromatic rings. The number of carbonyl (C=O) groups excluding carboxylic acids is 1. The van der Waals surface area contributed by atoms with Crippen molar-refractivity contribution in [2.45, 2.75) is 47.6 Å². The van der Waals surface area contributed by atoms with Crippen LogP contribution in [0.5, 0.6) is 0 Å². The van der Waals surface area contributed by atoms with Crippen LogP contribution >= 0.6 is 0 Å². The molecule has 0 N–H and O–H groups in total. The molecule has 1 heterocycles. The summed E-state index contributed by atoms with van der Waals surface area (Å²) in [6.07, 6.45) is 0.693. The Morgan fingerprint density at radius 2 is 1.41 bits per heavy atom. The molecule has 1 fully saturated rings. The van der Waals surface area contributed by atoms with E-state index in [1.165, 1.54) is 5.56 Å². The van der Waals surface area contributed by atoms with E-state index in [1.54, 1.807) is 6.92 Å². The van der Waals surface area contributed by atoms with Gasteiger partial charge in [0.2, 0.25) is 0 Å². The molecule has 0 amide bonds. The van der Waals surface area contributed by atoms with Crippen molar-refractivity contribution in [2.24, 2.45) is 0 Å². The van der Waals surface area contributed by atoms with Gasteiger partial charge in [0.05, 0.1) is 0 Å². The van der Waals surface area contributed by atoms with E-state index in [9.17, 15) is 4.79 Å². The van der Waals surface area contributed by atoms with Gasteiger partial charge in [0.1, 0.15) is 5.78 Å². The Hall–Kier alpha value is -1.19. The van der Waals surface area contributed by atoms with Gasteiger partial charge in [0, 0.05) is 45.7 Å². The molecule has 1 aromatic carbocycles. The van der Waals surface area contributed by atoms with Crippen molar-refractivity contribution in [3.05, 3.63) is 35.9 Å². The summed E-state index contributed by atoms with van der Waals surface area (Å²) in [6.45, 7) is 16.0. The van der Waals surface area contributed by atoms with Crippen molar-refractivity contribution in [3.63, 3.8) is 0 Å². The van der Waals surface area contributed by atoms with E-state index in [2.05, 4.69) is 40.1 Å². The lowest BCUT2D eigenvalue weighted by Gasteiger charge is -2.34. The summed E-state index contributed by atoms with van der Waals surface area (Å²) < 4.78 is 0. The molecule has 0 saturated carbocycles. The first-order valence-corrected chi connectivity index (χ1v) is 8.72. The number of piperazine rings is 1. The van der Waals surface area contributed by atoms with Crippen LogP contribution in [0.2, 0.25) is 0 Å². The summed E-state index contributed by atoms with van der Waals surface area (Å²) in [5, 5.41) is 0. The van der Waals surface area contributed by atoms with Gasteiger partial charge in [0.25, 0.3) is 0 Å². The standard InChI is InChI=1S/C15H22N2O.2C2H6/c1-14(18)7-8-16-9-11-17(12-10-16)13-15-5-3-2-4-6-15;2*1-2/h2-6H,7-13H2,1H3;2*1-2H3. The zero-order valence-electron chi connectivity index (χ0n) is 15.1. The SMILES string of the molecule is CC.CC.CC(=O)CCN1CCN(Cc2ccccc2)CC1. The van der Waals surface area contributed by atoms with Crippen LogP contribution in [-0.4, -0.2) is 48.3 Å². The molecule has 1 aliphatic rings. The van der Waals surface area contributed by atoms with E-state index >= 15 is 0 Å². The molecule has 1 saturated heterocycles. The second-order valence-corrected chi connectivity index (χ2v) is 5.06. The van der Waals surface area contributed by atoms with Crippen LogP contribution in [0.25, 0.3) is 0 Å². The Morgan fingerprint density at radius 3 is 1.91 bits per heavy atom. The van der Waals surface area contributed by atoms with Gasteiger partial charge in [-0.25, -0.2) is 0 Å². The van der Waals surface area contributed by atoms with Crippen LogP contribution in [0.15, 0.2) is 30.3 Å². The minimum atomic E-state index is 0.293. The third kappa shape index (κ3) is 8.96. The first kappa shape index (κ1) is 20.8. The summed E-state index contributed by atoms with van der Waals surface area (Å²) in [5.41, 5.74) is 1.38. The average molecular weight is 306 g/mol. The fourth-order valence-electron chi connectivity index (χ4n) is 2.33.